The fourth-order valence-electron chi connectivity index (χ4n) is 4.87. The van der Waals surface area contributed by atoms with Crippen LogP contribution in [0, 0.1) is 12.8 Å². The smallest absolute Gasteiger partial charge is 0.281 e. The van der Waals surface area contributed by atoms with Crippen LogP contribution in [0.2, 0.25) is 0 Å². The van der Waals surface area contributed by atoms with Gasteiger partial charge in [-0.1, -0.05) is 28.1 Å². The van der Waals surface area contributed by atoms with Crippen molar-refractivity contribution in [3.05, 3.63) is 45.3 Å². The van der Waals surface area contributed by atoms with E-state index in [1.165, 1.54) is 5.56 Å². The van der Waals surface area contributed by atoms with Crippen LogP contribution in [0.25, 0.3) is 0 Å². The molecule has 32 heavy (non-hydrogen) atoms. The molecule has 1 amide bonds. The van der Waals surface area contributed by atoms with Gasteiger partial charge in [0.05, 0.1) is 0 Å². The lowest BCUT2D eigenvalue weighted by atomic mass is 9.96. The second kappa shape index (κ2) is 8.98. The zero-order chi connectivity index (χ0) is 22.2. The number of carbonyl (C=O) groups is 1. The second-order valence-electron chi connectivity index (χ2n) is 8.87. The maximum Gasteiger partial charge on any atom is 0.281 e. The third-order valence-corrected chi connectivity index (χ3v) is 7.57. The fraction of sp³-hybridized carbons (Fsp3) is 0.542. The summed E-state index contributed by atoms with van der Waals surface area (Å²) in [4.78, 5) is 27.4. The quantitative estimate of drug-likeness (QED) is 0.623. The number of anilines is 1. The summed E-state index contributed by atoms with van der Waals surface area (Å²) in [7, 11) is 0. The van der Waals surface area contributed by atoms with Crippen molar-refractivity contribution in [1.29, 1.82) is 0 Å². The Kier molecular flexibility index (Phi) is 6.07. The second-order valence-corrected chi connectivity index (χ2v) is 9.72. The van der Waals surface area contributed by atoms with E-state index in [4.69, 9.17) is 9.72 Å². The Hall–Kier alpha value is -2.19. The number of nitrogens with zero attached hydrogens (tertiary/aromatic N) is 5. The lowest BCUT2D eigenvalue weighted by Gasteiger charge is -2.38. The number of hydrogen-bond acceptors (Lipinski definition) is 5. The first-order valence-electron chi connectivity index (χ1n) is 11.6. The highest BCUT2D eigenvalue weighted by Crippen LogP contribution is 2.33. The minimum absolute atomic E-state index is 0.0105. The van der Waals surface area contributed by atoms with Gasteiger partial charge in [0.25, 0.3) is 5.91 Å². The van der Waals surface area contributed by atoms with Crippen LogP contribution < -0.4 is 4.90 Å². The minimum Gasteiger partial charge on any atom is -0.381 e. The Balaban J connectivity index is 1.60. The number of fused-ring (bicyclic) bond motifs is 3. The summed E-state index contributed by atoms with van der Waals surface area (Å²) in [5.41, 5.74) is 3.06. The van der Waals surface area contributed by atoms with Crippen LogP contribution in [-0.2, 0) is 17.7 Å². The first-order valence-corrected chi connectivity index (χ1v) is 12.4. The Morgan fingerprint density at radius 2 is 2.06 bits per heavy atom. The van der Waals surface area contributed by atoms with Crippen molar-refractivity contribution in [2.45, 2.75) is 46.1 Å². The predicted molar refractivity (Wildman–Crippen MR) is 128 cm³/mol. The van der Waals surface area contributed by atoms with Crippen molar-refractivity contribution < 1.29 is 9.53 Å². The van der Waals surface area contributed by atoms with E-state index in [9.17, 15) is 4.79 Å². The highest BCUT2D eigenvalue weighted by Gasteiger charge is 2.40. The molecule has 3 aliphatic heterocycles. The van der Waals surface area contributed by atoms with Crippen molar-refractivity contribution in [3.63, 3.8) is 0 Å². The summed E-state index contributed by atoms with van der Waals surface area (Å²) in [5.74, 6) is 3.08. The van der Waals surface area contributed by atoms with E-state index in [1.54, 1.807) is 0 Å². The van der Waals surface area contributed by atoms with Gasteiger partial charge in [-0.2, -0.15) is 0 Å². The molecule has 0 spiro atoms. The molecule has 1 aromatic carbocycles. The Morgan fingerprint density at radius 1 is 1.25 bits per heavy atom. The van der Waals surface area contributed by atoms with Crippen molar-refractivity contribution in [2.24, 2.45) is 10.9 Å². The summed E-state index contributed by atoms with van der Waals surface area (Å²) in [6.07, 6.45) is 3.92. The molecule has 170 valence electrons. The number of aryl methyl sites for hydroxylation is 1. The highest BCUT2D eigenvalue weighted by molar-refractivity contribution is 9.10. The topological polar surface area (TPSA) is 63.0 Å². The maximum absolute atomic E-state index is 13.7. The van der Waals surface area contributed by atoms with Gasteiger partial charge in [0.15, 0.2) is 11.5 Å². The van der Waals surface area contributed by atoms with Gasteiger partial charge in [-0.3, -0.25) is 19.6 Å². The van der Waals surface area contributed by atoms with E-state index in [0.717, 1.165) is 79.6 Å². The van der Waals surface area contributed by atoms with Gasteiger partial charge < -0.3 is 9.30 Å². The summed E-state index contributed by atoms with van der Waals surface area (Å²) in [5, 5.41) is 0. The normalized spacial score (nSPS) is 19.1. The average Bonchev–Trinajstić information content (AvgIpc) is 3.15. The SMILES string of the molecule is CCN1C(=O)c2c(nc(CC3CCOCC3)n2Cc2ccc(C)c(Br)c2)N2CCCN=C12. The van der Waals surface area contributed by atoms with Gasteiger partial charge in [-0.05, 0) is 56.2 Å². The van der Waals surface area contributed by atoms with Crippen LogP contribution in [0.1, 0.15) is 53.6 Å². The van der Waals surface area contributed by atoms with Crippen molar-refractivity contribution in [1.82, 2.24) is 14.5 Å². The number of halogens is 1. The van der Waals surface area contributed by atoms with Crippen molar-refractivity contribution >= 4 is 33.6 Å². The van der Waals surface area contributed by atoms with Crippen LogP contribution in [0.5, 0.6) is 0 Å². The minimum atomic E-state index is 0.0105. The molecule has 0 N–H and O–H groups in total. The summed E-state index contributed by atoms with van der Waals surface area (Å²) in [6.45, 7) is 8.55. The van der Waals surface area contributed by atoms with Crippen molar-refractivity contribution in [2.75, 3.05) is 37.7 Å². The van der Waals surface area contributed by atoms with E-state index in [2.05, 4.69) is 55.5 Å². The van der Waals surface area contributed by atoms with Crippen LogP contribution >= 0.6 is 15.9 Å². The van der Waals surface area contributed by atoms with E-state index < -0.39 is 0 Å². The molecule has 7 nitrogen and oxygen atoms in total. The largest absolute Gasteiger partial charge is 0.381 e. The number of rotatable bonds is 5. The molecule has 0 saturated carbocycles. The summed E-state index contributed by atoms with van der Waals surface area (Å²) < 4.78 is 8.82. The fourth-order valence-corrected chi connectivity index (χ4v) is 5.29. The highest BCUT2D eigenvalue weighted by atomic mass is 79.9. The van der Waals surface area contributed by atoms with Crippen LogP contribution in [0.4, 0.5) is 5.82 Å². The zero-order valence-electron chi connectivity index (χ0n) is 18.8. The van der Waals surface area contributed by atoms with Gasteiger partial charge in [-0.15, -0.1) is 0 Å². The van der Waals surface area contributed by atoms with Gasteiger partial charge in [0, 0.05) is 50.3 Å². The number of guanidine groups is 1. The Bertz CT molecular complexity index is 1060. The molecule has 3 aliphatic rings. The number of aliphatic imine (C=N–C) groups is 1. The third kappa shape index (κ3) is 3.88. The summed E-state index contributed by atoms with van der Waals surface area (Å²) in [6, 6.07) is 6.42. The number of amides is 1. The van der Waals surface area contributed by atoms with Crippen LogP contribution in [0.15, 0.2) is 27.7 Å². The van der Waals surface area contributed by atoms with E-state index in [0.29, 0.717) is 24.7 Å². The molecule has 0 radical (unpaired) electrons. The lowest BCUT2D eigenvalue weighted by molar-refractivity contribution is 0.0656. The Morgan fingerprint density at radius 3 is 2.81 bits per heavy atom. The molecule has 0 atom stereocenters. The molecular formula is C24H30BrN5O2. The monoisotopic (exact) mass is 499 g/mol. The lowest BCUT2D eigenvalue weighted by Crippen LogP contribution is -2.54. The van der Waals surface area contributed by atoms with Gasteiger partial charge in [0.1, 0.15) is 5.82 Å². The zero-order valence-corrected chi connectivity index (χ0v) is 20.4. The number of carbonyl (C=O) groups excluding carboxylic acids is 1. The van der Waals surface area contributed by atoms with Crippen LogP contribution in [0.3, 0.4) is 0 Å². The molecule has 4 heterocycles. The molecule has 2 aromatic rings. The molecule has 0 aliphatic carbocycles. The van der Waals surface area contributed by atoms with Crippen LogP contribution in [-0.4, -0.2) is 59.2 Å². The summed E-state index contributed by atoms with van der Waals surface area (Å²) >= 11 is 3.66. The van der Waals surface area contributed by atoms with Gasteiger partial charge in [0.2, 0.25) is 5.96 Å². The van der Waals surface area contributed by atoms with Gasteiger partial charge >= 0.3 is 0 Å². The third-order valence-electron chi connectivity index (χ3n) is 6.71. The molecule has 0 unspecified atom stereocenters. The predicted octanol–water partition coefficient (Wildman–Crippen LogP) is 4.01. The molecule has 0 bridgehead atoms. The molecule has 1 fully saturated rings. The first kappa shape index (κ1) is 21.6. The average molecular weight is 500 g/mol. The van der Waals surface area contributed by atoms with E-state index in [-0.39, 0.29) is 5.91 Å². The molecular weight excluding hydrogens is 470 g/mol. The number of aromatic nitrogens is 2. The van der Waals surface area contributed by atoms with Crippen molar-refractivity contribution in [3.8, 4) is 0 Å². The number of imidazole rings is 1. The molecule has 8 heteroatoms. The molecule has 1 aromatic heterocycles. The maximum atomic E-state index is 13.7. The van der Waals surface area contributed by atoms with Gasteiger partial charge in [-0.25, -0.2) is 4.98 Å². The molecule has 5 rings (SSSR count). The number of benzene rings is 1. The Labute approximate surface area is 197 Å². The molecule has 1 saturated heterocycles. The number of ether oxygens (including phenoxy) is 1. The first-order chi connectivity index (χ1) is 15.6. The van der Waals surface area contributed by atoms with E-state index >= 15 is 0 Å². The standard InChI is InChI=1S/C24H30BrN5O2/c1-3-28-23(31)21-22(29-10-4-9-26-24(28)29)27-20(14-17-7-11-32-12-8-17)30(21)15-18-6-5-16(2)19(25)13-18/h5-6,13,17H,3-4,7-12,14-15H2,1-2H3. The van der Waals surface area contributed by atoms with E-state index in [1.807, 2.05) is 11.8 Å². The number of hydrogen-bond donors (Lipinski definition) is 0.